The van der Waals surface area contributed by atoms with Gasteiger partial charge >= 0.3 is 0 Å². The summed E-state index contributed by atoms with van der Waals surface area (Å²) in [6.45, 7) is 4.40. The summed E-state index contributed by atoms with van der Waals surface area (Å²) in [5.74, 6) is 1.01. The molecule has 0 saturated heterocycles. The lowest BCUT2D eigenvalue weighted by Crippen LogP contribution is -2.04. The van der Waals surface area contributed by atoms with Gasteiger partial charge in [0.2, 0.25) is 0 Å². The minimum absolute atomic E-state index is 0.363. The van der Waals surface area contributed by atoms with E-state index in [1.165, 1.54) is 5.56 Å². The summed E-state index contributed by atoms with van der Waals surface area (Å²) < 4.78 is 0. The molecule has 2 atom stereocenters. The summed E-state index contributed by atoms with van der Waals surface area (Å²) in [7, 11) is 0. The zero-order valence-electron chi connectivity index (χ0n) is 8.70. The number of hydrogen-bond donors (Lipinski definition) is 1. The van der Waals surface area contributed by atoms with Crippen molar-refractivity contribution in [2.45, 2.75) is 31.5 Å². The second-order valence-electron chi connectivity index (χ2n) is 4.00. The van der Waals surface area contributed by atoms with Gasteiger partial charge in [0, 0.05) is 4.83 Å². The van der Waals surface area contributed by atoms with Crippen LogP contribution < -0.4 is 0 Å². The molecule has 0 aromatic heterocycles. The summed E-state index contributed by atoms with van der Waals surface area (Å²) in [6, 6.07) is 7.51. The molecule has 1 N–H and O–H groups in total. The Morgan fingerprint density at radius 3 is 2.64 bits per heavy atom. The zero-order chi connectivity index (χ0) is 10.6. The molecule has 2 unspecified atom stereocenters. The van der Waals surface area contributed by atoms with Crippen molar-refractivity contribution in [2.75, 3.05) is 0 Å². The highest BCUT2D eigenvalue weighted by Crippen LogP contribution is 2.19. The average Bonchev–Trinajstić information content (AvgIpc) is 2.01. The first-order valence-electron chi connectivity index (χ1n) is 5.00. The van der Waals surface area contributed by atoms with Crippen LogP contribution in [0.3, 0.4) is 0 Å². The predicted molar refractivity (Wildman–Crippen MR) is 64.0 cm³/mol. The molecule has 0 fully saturated rings. The second-order valence-corrected chi connectivity index (χ2v) is 5.56. The summed E-state index contributed by atoms with van der Waals surface area (Å²) in [5.41, 5.74) is 1.21. The molecule has 2 heteroatoms. The highest BCUT2D eigenvalue weighted by atomic mass is 79.9. The van der Waals surface area contributed by atoms with E-state index in [2.05, 4.69) is 35.8 Å². The molecule has 78 valence electrons. The van der Waals surface area contributed by atoms with E-state index in [-0.39, 0.29) is 0 Å². The minimum Gasteiger partial charge on any atom is -0.508 e. The number of phenolic OH excluding ortho intramolecular Hbond substituents is 1. The summed E-state index contributed by atoms with van der Waals surface area (Å²) in [6.07, 6.45) is 2.19. The standard InChI is InChI=1S/C12H17BrO/c1-9(6-10(2)13)7-11-4-3-5-12(14)8-11/h3-5,8-10,14H,6-7H2,1-2H3. The Balaban J connectivity index is 2.51. The SMILES string of the molecule is CC(Br)CC(C)Cc1cccc(O)c1. The molecule has 0 aliphatic rings. The van der Waals surface area contributed by atoms with Gasteiger partial charge < -0.3 is 5.11 Å². The lowest BCUT2D eigenvalue weighted by Gasteiger charge is -2.12. The van der Waals surface area contributed by atoms with Crippen molar-refractivity contribution in [3.63, 3.8) is 0 Å². The largest absolute Gasteiger partial charge is 0.508 e. The molecule has 1 aromatic rings. The van der Waals surface area contributed by atoms with Gasteiger partial charge in [0.25, 0.3) is 0 Å². The molecule has 1 nitrogen and oxygen atoms in total. The maximum Gasteiger partial charge on any atom is 0.115 e. The molecule has 1 rings (SSSR count). The van der Waals surface area contributed by atoms with E-state index in [1.807, 2.05) is 12.1 Å². The number of hydrogen-bond acceptors (Lipinski definition) is 1. The van der Waals surface area contributed by atoms with Crippen LogP contribution >= 0.6 is 15.9 Å². The summed E-state index contributed by atoms with van der Waals surface area (Å²) in [4.78, 5) is 0.565. The van der Waals surface area contributed by atoms with Crippen molar-refractivity contribution in [2.24, 2.45) is 5.92 Å². The Bertz CT molecular complexity index is 283. The molecule has 0 saturated carbocycles. The molecule has 0 aliphatic carbocycles. The van der Waals surface area contributed by atoms with Crippen molar-refractivity contribution in [3.8, 4) is 5.75 Å². The molecule has 0 radical (unpaired) electrons. The van der Waals surface area contributed by atoms with Crippen molar-refractivity contribution in [1.29, 1.82) is 0 Å². The number of alkyl halides is 1. The second kappa shape index (κ2) is 5.40. The monoisotopic (exact) mass is 256 g/mol. The normalized spacial score (nSPS) is 15.1. The Morgan fingerprint density at radius 2 is 2.07 bits per heavy atom. The van der Waals surface area contributed by atoms with Crippen LogP contribution in [0.2, 0.25) is 0 Å². The van der Waals surface area contributed by atoms with E-state index < -0.39 is 0 Å². The Labute approximate surface area is 94.3 Å². The van der Waals surface area contributed by atoms with Crippen LogP contribution in [0.4, 0.5) is 0 Å². The molecule has 1 aromatic carbocycles. The third kappa shape index (κ3) is 4.14. The maximum absolute atomic E-state index is 9.30. The maximum atomic E-state index is 9.30. The van der Waals surface area contributed by atoms with E-state index in [1.54, 1.807) is 6.07 Å². The molecular formula is C12H17BrO. The zero-order valence-corrected chi connectivity index (χ0v) is 10.3. The van der Waals surface area contributed by atoms with Gasteiger partial charge in [0.05, 0.1) is 0 Å². The average molecular weight is 257 g/mol. The first-order valence-corrected chi connectivity index (χ1v) is 5.91. The highest BCUT2D eigenvalue weighted by Gasteiger charge is 2.07. The quantitative estimate of drug-likeness (QED) is 0.814. The Kier molecular flexibility index (Phi) is 4.46. The number of phenols is 1. The molecular weight excluding hydrogens is 240 g/mol. The number of halogens is 1. The number of rotatable bonds is 4. The van der Waals surface area contributed by atoms with Crippen LogP contribution in [0.25, 0.3) is 0 Å². The third-order valence-electron chi connectivity index (χ3n) is 2.22. The van der Waals surface area contributed by atoms with E-state index in [9.17, 15) is 5.11 Å². The molecule has 0 amide bonds. The van der Waals surface area contributed by atoms with Crippen molar-refractivity contribution in [1.82, 2.24) is 0 Å². The molecule has 0 heterocycles. The van der Waals surface area contributed by atoms with E-state index in [4.69, 9.17) is 0 Å². The van der Waals surface area contributed by atoms with Crippen LogP contribution in [0, 0.1) is 5.92 Å². The van der Waals surface area contributed by atoms with Crippen LogP contribution in [0.5, 0.6) is 5.75 Å². The first-order chi connectivity index (χ1) is 6.58. The van der Waals surface area contributed by atoms with Crippen LogP contribution in [-0.2, 0) is 6.42 Å². The van der Waals surface area contributed by atoms with Crippen molar-refractivity contribution < 1.29 is 5.11 Å². The van der Waals surface area contributed by atoms with Crippen LogP contribution in [-0.4, -0.2) is 9.93 Å². The fourth-order valence-electron chi connectivity index (χ4n) is 1.72. The van der Waals surface area contributed by atoms with Gasteiger partial charge in [-0.1, -0.05) is 41.9 Å². The summed E-state index contributed by atoms with van der Waals surface area (Å²) in [5, 5.41) is 9.30. The Hall–Kier alpha value is -0.500. The molecule has 0 aliphatic heterocycles. The molecule has 14 heavy (non-hydrogen) atoms. The lowest BCUT2D eigenvalue weighted by atomic mass is 9.97. The first kappa shape index (κ1) is 11.6. The lowest BCUT2D eigenvalue weighted by molar-refractivity contribution is 0.472. The fraction of sp³-hybridized carbons (Fsp3) is 0.500. The summed E-state index contributed by atoms with van der Waals surface area (Å²) >= 11 is 3.55. The molecule has 0 spiro atoms. The van der Waals surface area contributed by atoms with Gasteiger partial charge in [-0.25, -0.2) is 0 Å². The van der Waals surface area contributed by atoms with Gasteiger partial charge in [-0.3, -0.25) is 0 Å². The van der Waals surface area contributed by atoms with Gasteiger partial charge in [-0.15, -0.1) is 0 Å². The van der Waals surface area contributed by atoms with Crippen LogP contribution in [0.15, 0.2) is 24.3 Å². The van der Waals surface area contributed by atoms with Gasteiger partial charge in [-0.2, -0.15) is 0 Å². The predicted octanol–water partition coefficient (Wildman–Crippen LogP) is 3.74. The molecule has 0 bridgehead atoms. The van der Waals surface area contributed by atoms with Gasteiger partial charge in [0.1, 0.15) is 5.75 Å². The smallest absolute Gasteiger partial charge is 0.115 e. The van der Waals surface area contributed by atoms with Crippen molar-refractivity contribution in [3.05, 3.63) is 29.8 Å². The van der Waals surface area contributed by atoms with Crippen molar-refractivity contribution >= 4 is 15.9 Å². The highest BCUT2D eigenvalue weighted by molar-refractivity contribution is 9.09. The van der Waals surface area contributed by atoms with Gasteiger partial charge in [-0.05, 0) is 36.5 Å². The fourth-order valence-corrected chi connectivity index (χ4v) is 2.36. The van der Waals surface area contributed by atoms with Gasteiger partial charge in [0.15, 0.2) is 0 Å². The van der Waals surface area contributed by atoms with E-state index in [0.717, 1.165) is 12.8 Å². The topological polar surface area (TPSA) is 20.2 Å². The van der Waals surface area contributed by atoms with Crippen LogP contribution in [0.1, 0.15) is 25.8 Å². The minimum atomic E-state index is 0.363. The number of aromatic hydroxyl groups is 1. The van der Waals surface area contributed by atoms with E-state index in [0.29, 0.717) is 16.5 Å². The third-order valence-corrected chi connectivity index (χ3v) is 2.60. The van der Waals surface area contributed by atoms with E-state index >= 15 is 0 Å². The Morgan fingerprint density at radius 1 is 1.36 bits per heavy atom. The number of benzene rings is 1.